The molecule has 1 amide bonds. The van der Waals surface area contributed by atoms with E-state index in [9.17, 15) is 23.1 Å². The largest absolute Gasteiger partial charge is 0.382 e. The van der Waals surface area contributed by atoms with E-state index in [-0.39, 0.29) is 23.0 Å². The highest BCUT2D eigenvalue weighted by molar-refractivity contribution is 7.90. The van der Waals surface area contributed by atoms with E-state index in [4.69, 9.17) is 0 Å². The van der Waals surface area contributed by atoms with Crippen molar-refractivity contribution in [1.29, 1.82) is 0 Å². The zero-order valence-electron chi connectivity index (χ0n) is 16.3. The van der Waals surface area contributed by atoms with Gasteiger partial charge in [-0.15, -0.1) is 11.3 Å². The van der Waals surface area contributed by atoms with Crippen LogP contribution < -0.4 is 5.32 Å². The first-order valence-corrected chi connectivity index (χ1v) is 12.1. The second kappa shape index (κ2) is 9.46. The molecule has 158 valence electrons. The summed E-state index contributed by atoms with van der Waals surface area (Å²) in [5.74, 6) is -2.26. The maximum Gasteiger partial charge on any atom is 0.250 e. The van der Waals surface area contributed by atoms with Crippen LogP contribution in [0.5, 0.6) is 0 Å². The fraction of sp³-hybridized carbons (Fsp3) is 0.286. The van der Waals surface area contributed by atoms with Crippen molar-refractivity contribution in [2.24, 2.45) is 0 Å². The number of rotatable bonds is 9. The summed E-state index contributed by atoms with van der Waals surface area (Å²) in [6.07, 6.45) is -1.49. The summed E-state index contributed by atoms with van der Waals surface area (Å²) >= 11 is 1.23. The fourth-order valence-corrected chi connectivity index (χ4v) is 5.36. The van der Waals surface area contributed by atoms with E-state index in [1.165, 1.54) is 11.3 Å². The maximum atomic E-state index is 12.8. The van der Waals surface area contributed by atoms with Crippen LogP contribution in [0.15, 0.2) is 54.6 Å². The number of thiazole rings is 1. The van der Waals surface area contributed by atoms with E-state index in [1.807, 2.05) is 18.2 Å². The minimum atomic E-state index is -3.72. The molecule has 2 atom stereocenters. The topological polar surface area (TPSA) is 113 Å². The number of nitrogens with one attached hydrogen (secondary N) is 1. The van der Waals surface area contributed by atoms with Crippen molar-refractivity contribution in [1.82, 2.24) is 10.3 Å². The Morgan fingerprint density at radius 3 is 2.43 bits per heavy atom. The molecule has 0 aliphatic rings. The van der Waals surface area contributed by atoms with E-state index in [1.54, 1.807) is 43.3 Å². The van der Waals surface area contributed by atoms with Crippen LogP contribution in [0.1, 0.15) is 28.7 Å². The summed E-state index contributed by atoms with van der Waals surface area (Å²) in [7, 11) is -3.72. The Bertz CT molecular complexity index is 1110. The number of Topliss-reactive ketones (excluding diaryl/α,β-unsaturated/α-hetero) is 1. The molecule has 0 aliphatic heterocycles. The quantitative estimate of drug-likeness (QED) is 0.488. The maximum absolute atomic E-state index is 12.8. The zero-order chi connectivity index (χ0) is 21.7. The molecule has 2 aromatic carbocycles. The number of amides is 1. The Balaban J connectivity index is 1.64. The van der Waals surface area contributed by atoms with Crippen LogP contribution in [-0.2, 0) is 20.4 Å². The highest BCUT2D eigenvalue weighted by Crippen LogP contribution is 2.23. The van der Waals surface area contributed by atoms with Gasteiger partial charge >= 0.3 is 0 Å². The highest BCUT2D eigenvalue weighted by Gasteiger charge is 2.29. The van der Waals surface area contributed by atoms with Crippen LogP contribution in [0.3, 0.4) is 0 Å². The molecule has 0 aliphatic carbocycles. The summed E-state index contributed by atoms with van der Waals surface area (Å²) < 4.78 is 25.5. The molecule has 1 unspecified atom stereocenters. The Morgan fingerprint density at radius 2 is 1.77 bits per heavy atom. The average Bonchev–Trinajstić information content (AvgIpc) is 3.15. The third-order valence-corrected chi connectivity index (χ3v) is 7.14. The van der Waals surface area contributed by atoms with Gasteiger partial charge < -0.3 is 10.4 Å². The van der Waals surface area contributed by atoms with Crippen molar-refractivity contribution in [3.05, 3.63) is 65.2 Å². The number of aliphatic hydroxyl groups is 1. The number of para-hydroxylation sites is 1. The molecule has 0 saturated heterocycles. The van der Waals surface area contributed by atoms with Crippen molar-refractivity contribution in [3.8, 4) is 0 Å². The lowest BCUT2D eigenvalue weighted by Crippen LogP contribution is -2.47. The molecule has 30 heavy (non-hydrogen) atoms. The number of ketones is 1. The first-order chi connectivity index (χ1) is 14.3. The second-order valence-corrected chi connectivity index (χ2v) is 10.0. The lowest BCUT2D eigenvalue weighted by atomic mass is 10.1. The molecule has 0 radical (unpaired) electrons. The zero-order valence-corrected chi connectivity index (χ0v) is 17.9. The number of hydrogen-bond donors (Lipinski definition) is 2. The van der Waals surface area contributed by atoms with Gasteiger partial charge in [-0.3, -0.25) is 9.59 Å². The summed E-state index contributed by atoms with van der Waals surface area (Å²) in [6.45, 7) is 1.72. The van der Waals surface area contributed by atoms with Crippen LogP contribution >= 0.6 is 11.3 Å². The van der Waals surface area contributed by atoms with E-state index in [0.29, 0.717) is 11.1 Å². The van der Waals surface area contributed by atoms with Crippen LogP contribution in [0.25, 0.3) is 10.2 Å². The van der Waals surface area contributed by atoms with Crippen LogP contribution in [-0.4, -0.2) is 48.1 Å². The van der Waals surface area contributed by atoms with E-state index in [2.05, 4.69) is 10.3 Å². The van der Waals surface area contributed by atoms with Crippen LogP contribution in [0.2, 0.25) is 0 Å². The standard InChI is InChI=1S/C21H22N2O5S2/c1-2-15(19(25)21-23-16-10-6-7-11-18(16)29-21)22-20(26)17(24)13-30(27,28)12-14-8-4-3-5-9-14/h3-11,15,17,24H,2,12-13H2,1H3,(H,22,26)/t15-,17?/m1/s1. The number of nitrogens with zero attached hydrogens (tertiary/aromatic N) is 1. The molecular weight excluding hydrogens is 424 g/mol. The minimum absolute atomic E-state index is 0.259. The van der Waals surface area contributed by atoms with Gasteiger partial charge in [0.1, 0.15) is 6.10 Å². The summed E-state index contributed by atoms with van der Waals surface area (Å²) in [5.41, 5.74) is 1.27. The molecule has 1 heterocycles. The van der Waals surface area contributed by atoms with Crippen LogP contribution in [0.4, 0.5) is 0 Å². The van der Waals surface area contributed by atoms with Gasteiger partial charge in [-0.1, -0.05) is 49.4 Å². The number of hydrogen-bond acceptors (Lipinski definition) is 7. The number of benzene rings is 2. The highest BCUT2D eigenvalue weighted by atomic mass is 32.2. The summed E-state index contributed by atoms with van der Waals surface area (Å²) in [5, 5.41) is 12.8. The molecule has 1 aromatic heterocycles. The van der Waals surface area contributed by atoms with Gasteiger partial charge in [-0.05, 0) is 24.1 Å². The summed E-state index contributed by atoms with van der Waals surface area (Å²) in [6, 6.07) is 14.9. The second-order valence-electron chi connectivity index (χ2n) is 6.88. The third kappa shape index (κ3) is 5.50. The monoisotopic (exact) mass is 446 g/mol. The van der Waals surface area contributed by atoms with Crippen molar-refractivity contribution < 1.29 is 23.1 Å². The van der Waals surface area contributed by atoms with Crippen molar-refractivity contribution in [2.75, 3.05) is 5.75 Å². The molecule has 3 aromatic rings. The number of carbonyl (C=O) groups excluding carboxylic acids is 2. The van der Waals surface area contributed by atoms with Gasteiger partial charge in [-0.2, -0.15) is 0 Å². The number of carbonyl (C=O) groups is 2. The smallest absolute Gasteiger partial charge is 0.250 e. The lowest BCUT2D eigenvalue weighted by Gasteiger charge is -2.17. The van der Waals surface area contributed by atoms with E-state index >= 15 is 0 Å². The summed E-state index contributed by atoms with van der Waals surface area (Å²) in [4.78, 5) is 29.4. The number of aliphatic hydroxyl groups excluding tert-OH is 1. The number of fused-ring (bicyclic) bond motifs is 1. The average molecular weight is 447 g/mol. The predicted octanol–water partition coefficient (Wildman–Crippen LogP) is 2.35. The lowest BCUT2D eigenvalue weighted by molar-refractivity contribution is -0.128. The van der Waals surface area contributed by atoms with Gasteiger partial charge in [0.2, 0.25) is 11.7 Å². The minimum Gasteiger partial charge on any atom is -0.382 e. The predicted molar refractivity (Wildman–Crippen MR) is 116 cm³/mol. The van der Waals surface area contributed by atoms with Gasteiger partial charge in [-0.25, -0.2) is 13.4 Å². The van der Waals surface area contributed by atoms with Gasteiger partial charge in [0.25, 0.3) is 0 Å². The molecule has 0 saturated carbocycles. The van der Waals surface area contributed by atoms with Gasteiger partial charge in [0.15, 0.2) is 14.8 Å². The Morgan fingerprint density at radius 1 is 1.10 bits per heavy atom. The SMILES string of the molecule is CC[C@@H](NC(=O)C(O)CS(=O)(=O)Cc1ccccc1)C(=O)c1nc2ccccc2s1. The molecule has 2 N–H and O–H groups in total. The fourth-order valence-electron chi connectivity index (χ4n) is 2.95. The molecule has 3 rings (SSSR count). The molecule has 7 nitrogen and oxygen atoms in total. The van der Waals surface area contributed by atoms with Crippen molar-refractivity contribution in [3.63, 3.8) is 0 Å². The van der Waals surface area contributed by atoms with Crippen molar-refractivity contribution >= 4 is 43.1 Å². The van der Waals surface area contributed by atoms with Crippen LogP contribution in [0, 0.1) is 0 Å². The van der Waals surface area contributed by atoms with E-state index in [0.717, 1.165) is 4.70 Å². The molecule has 0 spiro atoms. The molecule has 9 heteroatoms. The van der Waals surface area contributed by atoms with Gasteiger partial charge in [0.05, 0.1) is 27.8 Å². The number of sulfone groups is 1. The molecular formula is C21H22N2O5S2. The van der Waals surface area contributed by atoms with Crippen molar-refractivity contribution in [2.45, 2.75) is 31.2 Å². The third-order valence-electron chi connectivity index (χ3n) is 4.49. The Labute approximate surface area is 178 Å². The molecule has 0 bridgehead atoms. The Hall–Kier alpha value is -2.62. The molecule has 0 fully saturated rings. The number of aromatic nitrogens is 1. The van der Waals surface area contributed by atoms with Gasteiger partial charge in [0, 0.05) is 0 Å². The van der Waals surface area contributed by atoms with E-state index < -0.39 is 33.6 Å². The Kier molecular flexibility index (Phi) is 6.96. The normalized spacial score (nSPS) is 13.7. The first-order valence-electron chi connectivity index (χ1n) is 9.41. The first kappa shape index (κ1) is 22.1.